The Morgan fingerprint density at radius 2 is 0.875 bits per heavy atom. The third-order valence-corrected chi connectivity index (χ3v) is 11.1. The number of nitrogens with two attached hydrogens (primary N) is 1. The average Bonchev–Trinajstić information content (AvgIpc) is 2.87. The minimum absolute atomic E-state index is 0.402. The Labute approximate surface area is 199 Å². The lowest BCUT2D eigenvalue weighted by atomic mass is 9.57. The summed E-state index contributed by atoms with van der Waals surface area (Å²) in [7, 11) is 0. The molecule has 0 aromatic heterocycles. The molecule has 32 heavy (non-hydrogen) atoms. The van der Waals surface area contributed by atoms with Crippen LogP contribution >= 0.6 is 0 Å². The van der Waals surface area contributed by atoms with Crippen molar-refractivity contribution in [3.63, 3.8) is 0 Å². The van der Waals surface area contributed by atoms with Gasteiger partial charge in [-0.3, -0.25) is 0 Å². The number of hydrogen-bond donors (Lipinski definition) is 2. The minimum atomic E-state index is 0.402. The first-order valence-corrected chi connectivity index (χ1v) is 15.3. The number of rotatable bonds is 5. The summed E-state index contributed by atoms with van der Waals surface area (Å²) in [4.78, 5) is 0. The largest absolute Gasteiger partial charge is 0.326 e. The van der Waals surface area contributed by atoms with E-state index in [4.69, 9.17) is 5.73 Å². The van der Waals surface area contributed by atoms with E-state index >= 15 is 0 Å². The van der Waals surface area contributed by atoms with Crippen LogP contribution in [0.2, 0.25) is 0 Å². The Balaban J connectivity index is 1.40. The molecule has 0 heterocycles. The summed E-state index contributed by atoms with van der Waals surface area (Å²) in [5, 5.41) is 4.40. The van der Waals surface area contributed by atoms with Crippen LogP contribution < -0.4 is 11.1 Å². The highest BCUT2D eigenvalue weighted by atomic mass is 15.0. The molecule has 184 valence electrons. The summed E-state index contributed by atoms with van der Waals surface area (Å²) in [6.45, 7) is 0. The second-order valence-electron chi connectivity index (χ2n) is 13.0. The van der Waals surface area contributed by atoms with Crippen molar-refractivity contribution in [2.45, 2.75) is 153 Å². The second kappa shape index (κ2) is 11.6. The van der Waals surface area contributed by atoms with Gasteiger partial charge in [-0.15, -0.1) is 0 Å². The molecule has 0 radical (unpaired) electrons. The van der Waals surface area contributed by atoms with Gasteiger partial charge in [-0.05, 0) is 61.2 Å². The van der Waals surface area contributed by atoms with Crippen LogP contribution in [0.1, 0.15) is 135 Å². The van der Waals surface area contributed by atoms with Crippen LogP contribution in [0.3, 0.4) is 0 Å². The summed E-state index contributed by atoms with van der Waals surface area (Å²) >= 11 is 0. The molecule has 5 saturated carbocycles. The van der Waals surface area contributed by atoms with Crippen LogP contribution in [-0.4, -0.2) is 18.1 Å². The van der Waals surface area contributed by atoms with Crippen molar-refractivity contribution in [2.24, 2.45) is 41.2 Å². The number of hydrogen-bond acceptors (Lipinski definition) is 2. The lowest BCUT2D eigenvalue weighted by Gasteiger charge is -2.53. The SMILES string of the molecule is NC1CCCCC1NC1C(C2CCCCC2)CC(C2CCCCC2)CC1C1CCCCC1. The van der Waals surface area contributed by atoms with Gasteiger partial charge in [0.2, 0.25) is 0 Å². The summed E-state index contributed by atoms with van der Waals surface area (Å²) in [6, 6.07) is 1.77. The fraction of sp³-hybridized carbons (Fsp3) is 1.00. The molecular formula is C30H54N2. The normalized spacial score (nSPS) is 41.5. The van der Waals surface area contributed by atoms with Gasteiger partial charge in [-0.2, -0.15) is 0 Å². The molecule has 0 amide bonds. The van der Waals surface area contributed by atoms with Crippen LogP contribution in [0.15, 0.2) is 0 Å². The standard InChI is InChI=1S/C30H54N2/c31-28-18-10-11-19-29(28)32-30-26(23-14-6-2-7-15-23)20-25(22-12-4-1-5-13-22)21-27(30)24-16-8-3-9-17-24/h22-30,32H,1-21,31H2. The van der Waals surface area contributed by atoms with Gasteiger partial charge in [0, 0.05) is 18.1 Å². The zero-order valence-corrected chi connectivity index (χ0v) is 21.1. The van der Waals surface area contributed by atoms with Crippen LogP contribution in [0, 0.1) is 35.5 Å². The van der Waals surface area contributed by atoms with Crippen LogP contribution in [0.25, 0.3) is 0 Å². The molecule has 2 heteroatoms. The maximum Gasteiger partial charge on any atom is 0.0221 e. The van der Waals surface area contributed by atoms with E-state index in [0.29, 0.717) is 12.1 Å². The maximum atomic E-state index is 6.73. The van der Waals surface area contributed by atoms with E-state index < -0.39 is 0 Å². The Bertz CT molecular complexity index is 515. The predicted octanol–water partition coefficient (Wildman–Crippen LogP) is 7.60. The first-order chi connectivity index (χ1) is 15.8. The Kier molecular flexibility index (Phi) is 8.55. The minimum Gasteiger partial charge on any atom is -0.326 e. The van der Waals surface area contributed by atoms with Gasteiger partial charge in [0.15, 0.2) is 0 Å². The van der Waals surface area contributed by atoms with E-state index in [0.717, 1.165) is 41.5 Å². The molecule has 0 spiro atoms. The molecule has 5 aliphatic carbocycles. The molecule has 0 aliphatic heterocycles. The fourth-order valence-electron chi connectivity index (χ4n) is 9.35. The fourth-order valence-corrected chi connectivity index (χ4v) is 9.35. The van der Waals surface area contributed by atoms with Crippen LogP contribution in [0.5, 0.6) is 0 Å². The molecule has 4 unspecified atom stereocenters. The quantitative estimate of drug-likeness (QED) is 0.460. The maximum absolute atomic E-state index is 6.73. The monoisotopic (exact) mass is 442 g/mol. The predicted molar refractivity (Wildman–Crippen MR) is 137 cm³/mol. The van der Waals surface area contributed by atoms with E-state index in [1.807, 2.05) is 0 Å². The highest BCUT2D eigenvalue weighted by Crippen LogP contribution is 2.51. The van der Waals surface area contributed by atoms with Gasteiger partial charge < -0.3 is 11.1 Å². The summed E-state index contributed by atoms with van der Waals surface area (Å²) in [5.74, 6) is 5.97. The summed E-state index contributed by atoms with van der Waals surface area (Å²) < 4.78 is 0. The van der Waals surface area contributed by atoms with Crippen molar-refractivity contribution < 1.29 is 0 Å². The lowest BCUT2D eigenvalue weighted by Crippen LogP contribution is -2.59. The van der Waals surface area contributed by atoms with E-state index in [1.54, 1.807) is 25.7 Å². The molecule has 0 aromatic carbocycles. The zero-order chi connectivity index (χ0) is 21.8. The van der Waals surface area contributed by atoms with E-state index in [-0.39, 0.29) is 0 Å². The van der Waals surface area contributed by atoms with Gasteiger partial charge in [0.05, 0.1) is 0 Å². The third kappa shape index (κ3) is 5.59. The molecule has 0 saturated heterocycles. The Morgan fingerprint density at radius 1 is 0.438 bits per heavy atom. The van der Waals surface area contributed by atoms with Gasteiger partial charge >= 0.3 is 0 Å². The highest BCUT2D eigenvalue weighted by molar-refractivity contribution is 5.01. The molecule has 5 aliphatic rings. The van der Waals surface area contributed by atoms with Gasteiger partial charge in [-0.25, -0.2) is 0 Å². The van der Waals surface area contributed by atoms with Crippen molar-refractivity contribution in [3.8, 4) is 0 Å². The molecular weight excluding hydrogens is 388 g/mol. The molecule has 2 nitrogen and oxygen atoms in total. The van der Waals surface area contributed by atoms with E-state index in [2.05, 4.69) is 5.32 Å². The third-order valence-electron chi connectivity index (χ3n) is 11.1. The first kappa shape index (κ1) is 23.7. The topological polar surface area (TPSA) is 38.0 Å². The Morgan fingerprint density at radius 3 is 1.38 bits per heavy atom. The van der Waals surface area contributed by atoms with Gasteiger partial charge in [-0.1, -0.05) is 109 Å². The zero-order valence-electron chi connectivity index (χ0n) is 21.1. The Hall–Kier alpha value is -0.0800. The first-order valence-electron chi connectivity index (χ1n) is 15.3. The van der Waals surface area contributed by atoms with E-state index in [9.17, 15) is 0 Å². The van der Waals surface area contributed by atoms with Crippen molar-refractivity contribution in [1.29, 1.82) is 0 Å². The summed E-state index contributed by atoms with van der Waals surface area (Å²) in [5.41, 5.74) is 6.73. The molecule has 4 atom stereocenters. The molecule has 5 fully saturated rings. The average molecular weight is 443 g/mol. The molecule has 0 aromatic rings. The second-order valence-corrected chi connectivity index (χ2v) is 13.0. The molecule has 5 rings (SSSR count). The van der Waals surface area contributed by atoms with Crippen molar-refractivity contribution in [3.05, 3.63) is 0 Å². The van der Waals surface area contributed by atoms with Crippen LogP contribution in [-0.2, 0) is 0 Å². The van der Waals surface area contributed by atoms with Crippen molar-refractivity contribution in [1.82, 2.24) is 5.32 Å². The smallest absolute Gasteiger partial charge is 0.0221 e. The van der Waals surface area contributed by atoms with Crippen molar-refractivity contribution in [2.75, 3.05) is 0 Å². The van der Waals surface area contributed by atoms with Crippen molar-refractivity contribution >= 4 is 0 Å². The van der Waals surface area contributed by atoms with Crippen LogP contribution in [0.4, 0.5) is 0 Å². The molecule has 3 N–H and O–H groups in total. The summed E-state index contributed by atoms with van der Waals surface area (Å²) in [6.07, 6.45) is 31.1. The number of nitrogens with one attached hydrogen (secondary N) is 1. The van der Waals surface area contributed by atoms with Gasteiger partial charge in [0.25, 0.3) is 0 Å². The molecule has 0 bridgehead atoms. The highest BCUT2D eigenvalue weighted by Gasteiger charge is 2.46. The van der Waals surface area contributed by atoms with E-state index in [1.165, 1.54) is 109 Å². The lowest BCUT2D eigenvalue weighted by molar-refractivity contribution is 0.00318. The van der Waals surface area contributed by atoms with Gasteiger partial charge in [0.1, 0.15) is 0 Å².